The van der Waals surface area contributed by atoms with Crippen LogP contribution in [0, 0.1) is 0 Å². The highest BCUT2D eigenvalue weighted by atomic mass is 16.5. The van der Waals surface area contributed by atoms with Crippen molar-refractivity contribution in [2.45, 2.75) is 12.5 Å². The van der Waals surface area contributed by atoms with Crippen molar-refractivity contribution in [2.24, 2.45) is 0 Å². The van der Waals surface area contributed by atoms with Gasteiger partial charge in [0, 0.05) is 6.54 Å². The van der Waals surface area contributed by atoms with Crippen molar-refractivity contribution in [2.75, 3.05) is 19.8 Å². The lowest BCUT2D eigenvalue weighted by molar-refractivity contribution is 0.0339. The first-order valence-electron chi connectivity index (χ1n) is 4.70. The molecule has 0 spiro atoms. The normalized spacial score (nSPS) is 28.7. The molecule has 1 aliphatic heterocycles. The van der Waals surface area contributed by atoms with Crippen LogP contribution in [0.5, 0.6) is 0 Å². The summed E-state index contributed by atoms with van der Waals surface area (Å²) in [6.07, 6.45) is 0. The average molecular weight is 177 g/mol. The summed E-state index contributed by atoms with van der Waals surface area (Å²) in [5.74, 6) is 0. The number of ether oxygens (including phenoxy) is 1. The monoisotopic (exact) mass is 177 g/mol. The van der Waals surface area contributed by atoms with E-state index in [-0.39, 0.29) is 5.54 Å². The van der Waals surface area contributed by atoms with Crippen LogP contribution < -0.4 is 5.32 Å². The molecule has 2 rings (SSSR count). The van der Waals surface area contributed by atoms with Crippen LogP contribution in [0.3, 0.4) is 0 Å². The van der Waals surface area contributed by atoms with Gasteiger partial charge in [-0.15, -0.1) is 0 Å². The Bertz CT molecular complexity index is 265. The minimum Gasteiger partial charge on any atom is -0.378 e. The molecule has 0 aliphatic carbocycles. The van der Waals surface area contributed by atoms with Gasteiger partial charge in [-0.3, -0.25) is 0 Å². The highest BCUT2D eigenvalue weighted by molar-refractivity contribution is 5.24. The van der Waals surface area contributed by atoms with Gasteiger partial charge in [-0.2, -0.15) is 0 Å². The average Bonchev–Trinajstić information content (AvgIpc) is 2.20. The minimum atomic E-state index is -0.000486. The molecule has 1 aromatic rings. The zero-order chi connectivity index (χ0) is 9.15. The van der Waals surface area contributed by atoms with E-state index in [2.05, 4.69) is 36.5 Å². The van der Waals surface area contributed by atoms with Crippen LogP contribution in [0.2, 0.25) is 0 Å². The molecular formula is C11H15NO. The molecule has 1 saturated heterocycles. The molecule has 13 heavy (non-hydrogen) atoms. The lowest BCUT2D eigenvalue weighted by Crippen LogP contribution is -2.49. The predicted molar refractivity (Wildman–Crippen MR) is 52.6 cm³/mol. The van der Waals surface area contributed by atoms with E-state index in [0.717, 1.165) is 19.8 Å². The van der Waals surface area contributed by atoms with Crippen LogP contribution in [0.15, 0.2) is 30.3 Å². The van der Waals surface area contributed by atoms with Crippen LogP contribution in [0.25, 0.3) is 0 Å². The topological polar surface area (TPSA) is 21.3 Å². The Kier molecular flexibility index (Phi) is 2.34. The molecular weight excluding hydrogens is 162 g/mol. The van der Waals surface area contributed by atoms with Gasteiger partial charge in [-0.25, -0.2) is 0 Å². The van der Waals surface area contributed by atoms with Gasteiger partial charge in [-0.1, -0.05) is 30.3 Å². The summed E-state index contributed by atoms with van der Waals surface area (Å²) in [7, 11) is 0. The quantitative estimate of drug-likeness (QED) is 0.702. The number of hydrogen-bond acceptors (Lipinski definition) is 2. The first-order chi connectivity index (χ1) is 6.31. The van der Waals surface area contributed by atoms with E-state index in [0.29, 0.717) is 0 Å². The lowest BCUT2D eigenvalue weighted by atomic mass is 9.92. The minimum absolute atomic E-state index is 0.000486. The third-order valence-electron chi connectivity index (χ3n) is 2.56. The zero-order valence-corrected chi connectivity index (χ0v) is 7.92. The highest BCUT2D eigenvalue weighted by Gasteiger charge is 2.28. The van der Waals surface area contributed by atoms with Gasteiger partial charge in [-0.05, 0) is 12.5 Å². The summed E-state index contributed by atoms with van der Waals surface area (Å²) in [6, 6.07) is 10.5. The van der Waals surface area contributed by atoms with Gasteiger partial charge in [0.1, 0.15) is 0 Å². The summed E-state index contributed by atoms with van der Waals surface area (Å²) < 4.78 is 5.48. The van der Waals surface area contributed by atoms with Crippen molar-refractivity contribution < 1.29 is 4.74 Å². The smallest absolute Gasteiger partial charge is 0.0688 e. The van der Waals surface area contributed by atoms with Crippen molar-refractivity contribution in [3.05, 3.63) is 35.9 Å². The number of morpholine rings is 1. The van der Waals surface area contributed by atoms with Crippen LogP contribution >= 0.6 is 0 Å². The molecule has 1 heterocycles. The Labute approximate surface area is 78.9 Å². The maximum absolute atomic E-state index is 5.48. The standard InChI is InChI=1S/C11H15NO/c1-11(9-13-8-7-12-11)10-5-3-2-4-6-10/h2-6,12H,7-9H2,1H3/t11-/m1/s1. The SMILES string of the molecule is C[C@]1(c2ccccc2)COCCN1. The van der Waals surface area contributed by atoms with E-state index in [9.17, 15) is 0 Å². The van der Waals surface area contributed by atoms with E-state index in [1.54, 1.807) is 0 Å². The summed E-state index contributed by atoms with van der Waals surface area (Å²) >= 11 is 0. The number of rotatable bonds is 1. The molecule has 1 fully saturated rings. The molecule has 1 N–H and O–H groups in total. The summed E-state index contributed by atoms with van der Waals surface area (Å²) in [6.45, 7) is 4.70. The molecule has 1 aromatic carbocycles. The summed E-state index contributed by atoms with van der Waals surface area (Å²) in [5.41, 5.74) is 1.30. The van der Waals surface area contributed by atoms with Crippen molar-refractivity contribution >= 4 is 0 Å². The second-order valence-corrected chi connectivity index (χ2v) is 3.68. The van der Waals surface area contributed by atoms with Gasteiger partial charge in [0.2, 0.25) is 0 Å². The molecule has 1 atom stereocenters. The second kappa shape index (κ2) is 3.48. The van der Waals surface area contributed by atoms with Crippen molar-refractivity contribution in [1.82, 2.24) is 5.32 Å². The van der Waals surface area contributed by atoms with E-state index in [1.807, 2.05) is 6.07 Å². The van der Waals surface area contributed by atoms with Gasteiger partial charge in [0.25, 0.3) is 0 Å². The van der Waals surface area contributed by atoms with Crippen molar-refractivity contribution in [3.8, 4) is 0 Å². The third-order valence-corrected chi connectivity index (χ3v) is 2.56. The molecule has 0 unspecified atom stereocenters. The molecule has 0 amide bonds. The molecule has 70 valence electrons. The fourth-order valence-electron chi connectivity index (χ4n) is 1.72. The molecule has 0 bridgehead atoms. The third kappa shape index (κ3) is 1.74. The van der Waals surface area contributed by atoms with Crippen LogP contribution in [-0.4, -0.2) is 19.8 Å². The van der Waals surface area contributed by atoms with Crippen molar-refractivity contribution in [1.29, 1.82) is 0 Å². The van der Waals surface area contributed by atoms with E-state index >= 15 is 0 Å². The summed E-state index contributed by atoms with van der Waals surface area (Å²) in [4.78, 5) is 0. The molecule has 0 saturated carbocycles. The summed E-state index contributed by atoms with van der Waals surface area (Å²) in [5, 5.41) is 3.49. The second-order valence-electron chi connectivity index (χ2n) is 3.68. The first-order valence-corrected chi connectivity index (χ1v) is 4.70. The molecule has 0 radical (unpaired) electrons. The Morgan fingerprint density at radius 1 is 1.31 bits per heavy atom. The first kappa shape index (κ1) is 8.73. The van der Waals surface area contributed by atoms with E-state index in [4.69, 9.17) is 4.74 Å². The highest BCUT2D eigenvalue weighted by Crippen LogP contribution is 2.22. The van der Waals surface area contributed by atoms with Gasteiger partial charge < -0.3 is 10.1 Å². The number of benzene rings is 1. The van der Waals surface area contributed by atoms with Crippen LogP contribution in [0.4, 0.5) is 0 Å². The zero-order valence-electron chi connectivity index (χ0n) is 7.92. The van der Waals surface area contributed by atoms with E-state index < -0.39 is 0 Å². The largest absolute Gasteiger partial charge is 0.378 e. The number of nitrogens with one attached hydrogen (secondary N) is 1. The van der Waals surface area contributed by atoms with Gasteiger partial charge >= 0.3 is 0 Å². The van der Waals surface area contributed by atoms with Gasteiger partial charge in [0.15, 0.2) is 0 Å². The predicted octanol–water partition coefficient (Wildman–Crippen LogP) is 1.52. The fraction of sp³-hybridized carbons (Fsp3) is 0.455. The molecule has 2 nitrogen and oxygen atoms in total. The number of hydrogen-bond donors (Lipinski definition) is 1. The molecule has 0 aromatic heterocycles. The van der Waals surface area contributed by atoms with Gasteiger partial charge in [0.05, 0.1) is 18.8 Å². The van der Waals surface area contributed by atoms with E-state index in [1.165, 1.54) is 5.56 Å². The van der Waals surface area contributed by atoms with Crippen LogP contribution in [-0.2, 0) is 10.3 Å². The maximum Gasteiger partial charge on any atom is 0.0688 e. The Morgan fingerprint density at radius 2 is 2.08 bits per heavy atom. The Balaban J connectivity index is 2.23. The Morgan fingerprint density at radius 3 is 2.69 bits per heavy atom. The Hall–Kier alpha value is -0.860. The lowest BCUT2D eigenvalue weighted by Gasteiger charge is -2.35. The molecule has 2 heteroatoms. The fourth-order valence-corrected chi connectivity index (χ4v) is 1.72. The molecule has 1 aliphatic rings. The van der Waals surface area contributed by atoms with Crippen molar-refractivity contribution in [3.63, 3.8) is 0 Å². The maximum atomic E-state index is 5.48. The van der Waals surface area contributed by atoms with Crippen LogP contribution in [0.1, 0.15) is 12.5 Å².